The van der Waals surface area contributed by atoms with Gasteiger partial charge >= 0.3 is 5.97 Å². The number of aryl methyl sites for hydroxylation is 1. The standard InChI is InChI=1S/C20H21N3O4/c1-3-26-18(25)10-23-20-19(12(2)22-23)15(9-17(24)21-20)14-8-13-6-4-5-7-16(13)27-11-14/h4-8,15H,3,9-11H2,1-2H3,(H,21,24)/t15-/m1/s1. The van der Waals surface area contributed by atoms with Gasteiger partial charge in [-0.05, 0) is 31.6 Å². The van der Waals surface area contributed by atoms with Gasteiger partial charge in [0.2, 0.25) is 5.91 Å². The molecule has 1 aromatic carbocycles. The topological polar surface area (TPSA) is 82.5 Å². The van der Waals surface area contributed by atoms with Gasteiger partial charge in [0.05, 0.1) is 12.3 Å². The molecule has 1 aromatic heterocycles. The molecule has 1 amide bonds. The molecule has 2 aliphatic heterocycles. The van der Waals surface area contributed by atoms with Crippen molar-refractivity contribution in [1.29, 1.82) is 0 Å². The first-order valence-corrected chi connectivity index (χ1v) is 9.02. The summed E-state index contributed by atoms with van der Waals surface area (Å²) in [7, 11) is 0. The molecular weight excluding hydrogens is 346 g/mol. The molecule has 0 radical (unpaired) electrons. The summed E-state index contributed by atoms with van der Waals surface area (Å²) < 4.78 is 12.4. The van der Waals surface area contributed by atoms with E-state index in [2.05, 4.69) is 16.5 Å². The Hall–Kier alpha value is -3.09. The minimum atomic E-state index is -0.381. The molecule has 1 N–H and O–H groups in total. The molecule has 0 saturated carbocycles. The molecule has 4 rings (SSSR count). The first kappa shape index (κ1) is 17.3. The normalized spacial score (nSPS) is 17.9. The van der Waals surface area contributed by atoms with Crippen molar-refractivity contribution < 1.29 is 19.1 Å². The number of hydrogen-bond acceptors (Lipinski definition) is 5. The van der Waals surface area contributed by atoms with Gasteiger partial charge in [0.25, 0.3) is 0 Å². The van der Waals surface area contributed by atoms with Gasteiger partial charge in [-0.1, -0.05) is 18.2 Å². The van der Waals surface area contributed by atoms with Crippen LogP contribution in [-0.2, 0) is 20.9 Å². The van der Waals surface area contributed by atoms with Gasteiger partial charge in [-0.25, -0.2) is 4.68 Å². The lowest BCUT2D eigenvalue weighted by atomic mass is 9.84. The molecule has 7 nitrogen and oxygen atoms in total. The molecule has 1 atom stereocenters. The Labute approximate surface area is 157 Å². The van der Waals surface area contributed by atoms with Gasteiger partial charge < -0.3 is 14.8 Å². The highest BCUT2D eigenvalue weighted by Crippen LogP contribution is 2.42. The Bertz CT molecular complexity index is 945. The fourth-order valence-corrected chi connectivity index (χ4v) is 3.71. The molecule has 0 spiro atoms. The average Bonchev–Trinajstić information content (AvgIpc) is 2.96. The number of anilines is 1. The lowest BCUT2D eigenvalue weighted by Gasteiger charge is -2.28. The van der Waals surface area contributed by atoms with Crippen LogP contribution in [0.5, 0.6) is 5.75 Å². The number of hydrogen-bond donors (Lipinski definition) is 1. The van der Waals surface area contributed by atoms with Gasteiger partial charge in [-0.2, -0.15) is 5.10 Å². The van der Waals surface area contributed by atoms with Gasteiger partial charge in [-0.15, -0.1) is 0 Å². The zero-order valence-corrected chi connectivity index (χ0v) is 15.3. The van der Waals surface area contributed by atoms with Crippen molar-refractivity contribution in [1.82, 2.24) is 9.78 Å². The summed E-state index contributed by atoms with van der Waals surface area (Å²) in [5.41, 5.74) is 3.76. The highest BCUT2D eigenvalue weighted by Gasteiger charge is 2.34. The molecule has 0 saturated heterocycles. The number of fused-ring (bicyclic) bond motifs is 2. The number of amides is 1. The number of aromatic nitrogens is 2. The third-order valence-corrected chi connectivity index (χ3v) is 4.86. The van der Waals surface area contributed by atoms with E-state index in [1.807, 2.05) is 31.2 Å². The maximum atomic E-state index is 12.4. The first-order valence-electron chi connectivity index (χ1n) is 9.02. The first-order chi connectivity index (χ1) is 13.1. The SMILES string of the molecule is CCOC(=O)Cn1nc(C)c2c1NC(=O)C[C@@H]2C1=Cc2ccccc2OC1. The second kappa shape index (κ2) is 6.90. The van der Waals surface area contributed by atoms with Crippen LogP contribution in [0, 0.1) is 6.92 Å². The summed E-state index contributed by atoms with van der Waals surface area (Å²) in [5.74, 6) is 0.807. The number of benzene rings is 1. The quantitative estimate of drug-likeness (QED) is 0.840. The van der Waals surface area contributed by atoms with Crippen molar-refractivity contribution in [2.24, 2.45) is 0 Å². The molecule has 27 heavy (non-hydrogen) atoms. The lowest BCUT2D eigenvalue weighted by molar-refractivity contribution is -0.144. The van der Waals surface area contributed by atoms with Crippen molar-refractivity contribution in [2.45, 2.75) is 32.7 Å². The van der Waals surface area contributed by atoms with E-state index in [0.717, 1.165) is 28.1 Å². The molecule has 0 fully saturated rings. The molecule has 2 aliphatic rings. The Balaban J connectivity index is 1.72. The molecule has 0 aliphatic carbocycles. The minimum absolute atomic E-state index is 0.0323. The maximum absolute atomic E-state index is 12.4. The van der Waals surface area contributed by atoms with E-state index in [0.29, 0.717) is 25.5 Å². The Morgan fingerprint density at radius 2 is 2.22 bits per heavy atom. The van der Waals surface area contributed by atoms with E-state index in [1.165, 1.54) is 4.68 Å². The third kappa shape index (κ3) is 3.20. The van der Waals surface area contributed by atoms with Crippen LogP contribution in [0.1, 0.15) is 36.1 Å². The molecule has 3 heterocycles. The van der Waals surface area contributed by atoms with Crippen molar-refractivity contribution in [3.63, 3.8) is 0 Å². The zero-order valence-electron chi connectivity index (χ0n) is 15.3. The predicted molar refractivity (Wildman–Crippen MR) is 99.5 cm³/mol. The maximum Gasteiger partial charge on any atom is 0.327 e. The number of ether oxygens (including phenoxy) is 2. The summed E-state index contributed by atoms with van der Waals surface area (Å²) in [6.07, 6.45) is 2.42. The number of nitrogens with zero attached hydrogens (tertiary/aromatic N) is 2. The van der Waals surface area contributed by atoms with E-state index < -0.39 is 0 Å². The lowest BCUT2D eigenvalue weighted by Crippen LogP contribution is -2.28. The van der Waals surface area contributed by atoms with E-state index in [-0.39, 0.29) is 24.3 Å². The predicted octanol–water partition coefficient (Wildman–Crippen LogP) is 2.66. The van der Waals surface area contributed by atoms with Crippen LogP contribution in [-0.4, -0.2) is 34.9 Å². The highest BCUT2D eigenvalue weighted by atomic mass is 16.5. The summed E-state index contributed by atoms with van der Waals surface area (Å²) in [6, 6.07) is 7.83. The van der Waals surface area contributed by atoms with Crippen LogP contribution in [0.2, 0.25) is 0 Å². The van der Waals surface area contributed by atoms with Crippen LogP contribution in [0.3, 0.4) is 0 Å². The van der Waals surface area contributed by atoms with Crippen molar-refractivity contribution >= 4 is 23.8 Å². The zero-order chi connectivity index (χ0) is 19.0. The fourth-order valence-electron chi connectivity index (χ4n) is 3.71. The summed E-state index contributed by atoms with van der Waals surface area (Å²) >= 11 is 0. The monoisotopic (exact) mass is 367 g/mol. The van der Waals surface area contributed by atoms with Crippen molar-refractivity contribution in [3.05, 3.63) is 46.7 Å². The molecule has 0 unspecified atom stereocenters. The molecule has 0 bridgehead atoms. The third-order valence-electron chi connectivity index (χ3n) is 4.86. The smallest absolute Gasteiger partial charge is 0.327 e. The number of carbonyl (C=O) groups is 2. The van der Waals surface area contributed by atoms with E-state index in [1.54, 1.807) is 6.92 Å². The Morgan fingerprint density at radius 1 is 1.41 bits per heavy atom. The number of para-hydroxylation sites is 1. The second-order valence-corrected chi connectivity index (χ2v) is 6.66. The van der Waals surface area contributed by atoms with Crippen LogP contribution >= 0.6 is 0 Å². The van der Waals surface area contributed by atoms with Gasteiger partial charge in [0.15, 0.2) is 0 Å². The van der Waals surface area contributed by atoms with Gasteiger partial charge in [-0.3, -0.25) is 9.59 Å². The Morgan fingerprint density at radius 3 is 3.04 bits per heavy atom. The minimum Gasteiger partial charge on any atom is -0.489 e. The number of nitrogens with one attached hydrogen (secondary N) is 1. The van der Waals surface area contributed by atoms with Crippen molar-refractivity contribution in [3.8, 4) is 5.75 Å². The molecule has 7 heteroatoms. The number of carbonyl (C=O) groups excluding carboxylic acids is 2. The summed E-state index contributed by atoms with van der Waals surface area (Å²) in [4.78, 5) is 24.2. The summed E-state index contributed by atoms with van der Waals surface area (Å²) in [5, 5.41) is 7.34. The largest absolute Gasteiger partial charge is 0.489 e. The van der Waals surface area contributed by atoms with Crippen LogP contribution in [0.4, 0.5) is 5.82 Å². The van der Waals surface area contributed by atoms with Gasteiger partial charge in [0, 0.05) is 23.5 Å². The van der Waals surface area contributed by atoms with Crippen LogP contribution in [0.25, 0.3) is 6.08 Å². The summed E-state index contributed by atoms with van der Waals surface area (Å²) in [6.45, 7) is 4.35. The van der Waals surface area contributed by atoms with E-state index >= 15 is 0 Å². The van der Waals surface area contributed by atoms with Gasteiger partial charge in [0.1, 0.15) is 24.7 Å². The molecule has 140 valence electrons. The van der Waals surface area contributed by atoms with E-state index in [9.17, 15) is 9.59 Å². The molecular formula is C20H21N3O4. The molecule has 2 aromatic rings. The second-order valence-electron chi connectivity index (χ2n) is 6.66. The van der Waals surface area contributed by atoms with Crippen LogP contribution in [0.15, 0.2) is 29.8 Å². The van der Waals surface area contributed by atoms with Crippen LogP contribution < -0.4 is 10.1 Å². The average molecular weight is 367 g/mol. The fraction of sp³-hybridized carbons (Fsp3) is 0.350. The highest BCUT2D eigenvalue weighted by molar-refractivity contribution is 5.95. The number of esters is 1. The van der Waals surface area contributed by atoms with Crippen molar-refractivity contribution in [2.75, 3.05) is 18.5 Å². The van der Waals surface area contributed by atoms with E-state index in [4.69, 9.17) is 9.47 Å². The number of rotatable bonds is 4. The Kier molecular flexibility index (Phi) is 4.43.